The summed E-state index contributed by atoms with van der Waals surface area (Å²) in [6.07, 6.45) is 79.5. The zero-order chi connectivity index (χ0) is 54.9. The van der Waals surface area contributed by atoms with Crippen molar-refractivity contribution in [3.8, 4) is 0 Å². The largest absolute Gasteiger partial charge is 0.756 e. The number of amides is 1. The van der Waals surface area contributed by atoms with Crippen LogP contribution in [0.25, 0.3) is 0 Å². The van der Waals surface area contributed by atoms with E-state index in [0.717, 1.165) is 83.5 Å². The van der Waals surface area contributed by atoms with Crippen molar-refractivity contribution < 1.29 is 32.9 Å². The summed E-state index contributed by atoms with van der Waals surface area (Å²) in [7, 11) is 1.26. The molecule has 0 heterocycles. The van der Waals surface area contributed by atoms with Crippen LogP contribution in [0.2, 0.25) is 0 Å². The highest BCUT2D eigenvalue weighted by molar-refractivity contribution is 7.45. The molecule has 75 heavy (non-hydrogen) atoms. The minimum atomic E-state index is -4.61. The van der Waals surface area contributed by atoms with Gasteiger partial charge >= 0.3 is 0 Å². The van der Waals surface area contributed by atoms with Gasteiger partial charge in [-0.2, -0.15) is 0 Å². The van der Waals surface area contributed by atoms with Crippen molar-refractivity contribution in [2.75, 3.05) is 40.9 Å². The molecular weight excluding hydrogens is 948 g/mol. The Hall–Kier alpha value is -2.32. The first-order chi connectivity index (χ1) is 36.5. The monoisotopic (exact) mass is 1070 g/mol. The molecule has 3 unspecified atom stereocenters. The van der Waals surface area contributed by atoms with E-state index in [0.29, 0.717) is 17.4 Å². The minimum Gasteiger partial charge on any atom is -0.756 e. The molecule has 0 saturated heterocycles. The van der Waals surface area contributed by atoms with Crippen LogP contribution in [-0.4, -0.2) is 68.5 Å². The van der Waals surface area contributed by atoms with E-state index in [1.54, 1.807) is 6.08 Å². The first kappa shape index (κ1) is 72.7. The van der Waals surface area contributed by atoms with Gasteiger partial charge in [0.05, 0.1) is 39.9 Å². The maximum Gasteiger partial charge on any atom is 0.268 e. The smallest absolute Gasteiger partial charge is 0.268 e. The lowest BCUT2D eigenvalue weighted by atomic mass is 10.0. The standard InChI is InChI=1S/C66H121N2O6P/c1-6-8-10-12-14-16-18-20-22-24-26-28-30-32-33-34-35-36-38-40-42-44-46-48-50-52-54-56-58-60-66(70)67-64(63-74-75(71,72)73-62-61-68(3,4)5)65(69)59-57-55-53-51-49-47-45-43-41-39-37-31-29-27-25-23-21-19-17-15-13-11-9-7-2/h8,10,14,16,20,22,26,28,32-33,35-36,57,59,64-65,69H,6-7,9,11-13,15,17-19,21,23-25,27,29-31,34,37-56,58,60-63H2,1-5H3,(H-,67,70,71,72)/b10-8-,16-14-,22-20-,28-26-,33-32-,36-35-,59-57+. The number of hydrogen-bond acceptors (Lipinski definition) is 6. The number of phosphoric ester groups is 1. The Morgan fingerprint density at radius 1 is 0.480 bits per heavy atom. The lowest BCUT2D eigenvalue weighted by molar-refractivity contribution is -0.870. The summed E-state index contributed by atoms with van der Waals surface area (Å²) >= 11 is 0. The number of rotatable bonds is 57. The quantitative estimate of drug-likeness (QED) is 0.0272. The first-order valence-corrected chi connectivity index (χ1v) is 32.9. The third kappa shape index (κ3) is 59.2. The van der Waals surface area contributed by atoms with Crippen LogP contribution >= 0.6 is 7.82 Å². The molecule has 0 radical (unpaired) electrons. The fraction of sp³-hybridized carbons (Fsp3) is 0.773. The van der Waals surface area contributed by atoms with Gasteiger partial charge in [-0.1, -0.05) is 285 Å². The summed E-state index contributed by atoms with van der Waals surface area (Å²) in [5.74, 6) is -0.202. The molecule has 436 valence electrons. The van der Waals surface area contributed by atoms with Crippen LogP contribution in [0.5, 0.6) is 0 Å². The maximum absolute atomic E-state index is 13.0. The fourth-order valence-corrected chi connectivity index (χ4v) is 9.71. The van der Waals surface area contributed by atoms with Crippen LogP contribution in [0.3, 0.4) is 0 Å². The molecule has 0 saturated carbocycles. The van der Waals surface area contributed by atoms with Crippen LogP contribution in [-0.2, 0) is 18.4 Å². The number of nitrogens with one attached hydrogen (secondary N) is 1. The lowest BCUT2D eigenvalue weighted by Crippen LogP contribution is -2.45. The van der Waals surface area contributed by atoms with Gasteiger partial charge in [0.25, 0.3) is 7.82 Å². The third-order valence-corrected chi connectivity index (χ3v) is 14.8. The summed E-state index contributed by atoms with van der Waals surface area (Å²) in [5, 5.41) is 13.9. The second-order valence-electron chi connectivity index (χ2n) is 22.4. The number of likely N-dealkylation sites (N-methyl/N-ethyl adjacent to an activating group) is 1. The predicted molar refractivity (Wildman–Crippen MR) is 325 cm³/mol. The van der Waals surface area contributed by atoms with Crippen molar-refractivity contribution in [1.82, 2.24) is 5.32 Å². The maximum atomic E-state index is 13.0. The predicted octanol–water partition coefficient (Wildman–Crippen LogP) is 19.0. The Bertz CT molecular complexity index is 1500. The number of carbonyl (C=O) groups excluding carboxylic acids is 1. The zero-order valence-electron chi connectivity index (χ0n) is 49.7. The van der Waals surface area contributed by atoms with Gasteiger partial charge in [0.1, 0.15) is 13.2 Å². The van der Waals surface area contributed by atoms with Crippen LogP contribution in [0.15, 0.2) is 85.1 Å². The normalized spacial score (nSPS) is 14.4. The molecule has 0 aromatic rings. The lowest BCUT2D eigenvalue weighted by Gasteiger charge is -2.29. The molecule has 2 N–H and O–H groups in total. The molecular formula is C66H121N2O6P. The number of aliphatic hydroxyl groups excluding tert-OH is 1. The van der Waals surface area contributed by atoms with Gasteiger partial charge in [0, 0.05) is 6.42 Å². The van der Waals surface area contributed by atoms with Crippen molar-refractivity contribution in [3.05, 3.63) is 85.1 Å². The molecule has 1 amide bonds. The van der Waals surface area contributed by atoms with E-state index in [2.05, 4.69) is 92.1 Å². The molecule has 0 rings (SSSR count). The number of quaternary nitrogens is 1. The van der Waals surface area contributed by atoms with Crippen molar-refractivity contribution in [2.24, 2.45) is 0 Å². The molecule has 0 aliphatic rings. The molecule has 9 heteroatoms. The van der Waals surface area contributed by atoms with E-state index in [4.69, 9.17) is 9.05 Å². The van der Waals surface area contributed by atoms with Gasteiger partial charge in [0.2, 0.25) is 5.91 Å². The highest BCUT2D eigenvalue weighted by Gasteiger charge is 2.23. The number of carbonyl (C=O) groups is 1. The molecule has 0 aromatic heterocycles. The Labute approximate surface area is 465 Å². The fourth-order valence-electron chi connectivity index (χ4n) is 8.98. The summed E-state index contributed by atoms with van der Waals surface area (Å²) in [6, 6.07) is -0.895. The Morgan fingerprint density at radius 2 is 0.813 bits per heavy atom. The average molecular weight is 1070 g/mol. The molecule has 0 aliphatic heterocycles. The van der Waals surface area contributed by atoms with Crippen LogP contribution < -0.4 is 10.2 Å². The van der Waals surface area contributed by atoms with E-state index in [1.807, 2.05) is 27.2 Å². The number of phosphoric acid groups is 1. The highest BCUT2D eigenvalue weighted by atomic mass is 31.2. The van der Waals surface area contributed by atoms with E-state index >= 15 is 0 Å². The molecule has 0 bridgehead atoms. The highest BCUT2D eigenvalue weighted by Crippen LogP contribution is 2.38. The number of unbranched alkanes of at least 4 members (excludes halogenated alkanes) is 32. The zero-order valence-corrected chi connectivity index (χ0v) is 50.6. The van der Waals surface area contributed by atoms with E-state index in [9.17, 15) is 19.4 Å². The molecule has 3 atom stereocenters. The minimum absolute atomic E-state index is 0.00493. The Balaban J connectivity index is 4.19. The van der Waals surface area contributed by atoms with Gasteiger partial charge in [-0.3, -0.25) is 9.36 Å². The number of aliphatic hydroxyl groups is 1. The summed E-state index contributed by atoms with van der Waals surface area (Å²) in [5.41, 5.74) is 0. The van der Waals surface area contributed by atoms with Gasteiger partial charge in [-0.25, -0.2) is 0 Å². The van der Waals surface area contributed by atoms with Crippen molar-refractivity contribution >= 4 is 13.7 Å². The molecule has 0 aliphatic carbocycles. The van der Waals surface area contributed by atoms with Gasteiger partial charge in [-0.05, 0) is 70.6 Å². The SMILES string of the molecule is CC/C=C\C/C=C\C/C=C\C/C=C\C/C=C\C/C=C\CCCCCCCCCCCCC(=O)NC(COP(=O)([O-])OCC[N+](C)(C)C)C(O)/C=C/CCCCCCCCCCCCCCCCCCCCCCCC. The van der Waals surface area contributed by atoms with E-state index < -0.39 is 20.0 Å². The summed E-state index contributed by atoms with van der Waals surface area (Å²) < 4.78 is 23.4. The third-order valence-electron chi connectivity index (χ3n) is 13.9. The van der Waals surface area contributed by atoms with Gasteiger partial charge in [0.15, 0.2) is 0 Å². The molecule has 0 fully saturated rings. The van der Waals surface area contributed by atoms with Crippen molar-refractivity contribution in [2.45, 2.75) is 289 Å². The average Bonchev–Trinajstić information content (AvgIpc) is 3.37. The summed E-state index contributed by atoms with van der Waals surface area (Å²) in [6.45, 7) is 4.56. The van der Waals surface area contributed by atoms with Crippen LogP contribution in [0.1, 0.15) is 277 Å². The second kappa shape index (κ2) is 56.4. The van der Waals surface area contributed by atoms with Crippen LogP contribution in [0.4, 0.5) is 0 Å². The molecule has 8 nitrogen and oxygen atoms in total. The Morgan fingerprint density at radius 3 is 1.19 bits per heavy atom. The number of nitrogens with zero attached hydrogens (tertiary/aromatic N) is 1. The first-order valence-electron chi connectivity index (χ1n) is 31.4. The van der Waals surface area contributed by atoms with E-state index in [-0.39, 0.29) is 19.1 Å². The van der Waals surface area contributed by atoms with Crippen molar-refractivity contribution in [1.29, 1.82) is 0 Å². The second-order valence-corrected chi connectivity index (χ2v) is 23.8. The summed E-state index contributed by atoms with van der Waals surface area (Å²) in [4.78, 5) is 25.6. The van der Waals surface area contributed by atoms with E-state index in [1.165, 1.54) is 173 Å². The van der Waals surface area contributed by atoms with Gasteiger partial charge in [-0.15, -0.1) is 0 Å². The topological polar surface area (TPSA) is 108 Å². The number of hydrogen-bond donors (Lipinski definition) is 2. The Kier molecular flexibility index (Phi) is 54.7. The van der Waals surface area contributed by atoms with Crippen LogP contribution in [0, 0.1) is 0 Å². The molecule has 0 spiro atoms. The van der Waals surface area contributed by atoms with Crippen molar-refractivity contribution in [3.63, 3.8) is 0 Å². The molecule has 0 aromatic carbocycles. The van der Waals surface area contributed by atoms with Gasteiger partial charge < -0.3 is 28.8 Å². The number of allylic oxidation sites excluding steroid dienone is 13.